The first-order valence-electron chi connectivity index (χ1n) is 5.32. The number of hydrogen-bond acceptors (Lipinski definition) is 4. The van der Waals surface area contributed by atoms with E-state index < -0.39 is 5.97 Å². The standard InChI is InChI=1S/C9H8O2.C5H8O2/c1-2-9(10)11-8-6-4-3-5-7-8;1-3-5(6)7-4-2/h2-7H,1H2;3H,1,4H2,2H3. The number of ether oxygens (including phenoxy) is 2. The van der Waals surface area contributed by atoms with Gasteiger partial charge in [0.15, 0.2) is 0 Å². The molecule has 1 aromatic rings. The van der Waals surface area contributed by atoms with Crippen LogP contribution in [0.1, 0.15) is 6.92 Å². The van der Waals surface area contributed by atoms with Crippen molar-refractivity contribution in [3.05, 3.63) is 55.6 Å². The number of benzene rings is 1. The molecule has 0 aliphatic heterocycles. The van der Waals surface area contributed by atoms with Crippen LogP contribution in [0.3, 0.4) is 0 Å². The minimum absolute atomic E-state index is 0.359. The predicted octanol–water partition coefficient (Wildman–Crippen LogP) is 2.51. The van der Waals surface area contributed by atoms with Crippen LogP contribution in [0.5, 0.6) is 5.75 Å². The number of para-hydroxylation sites is 1. The molecule has 1 rings (SSSR count). The molecule has 0 radical (unpaired) electrons. The van der Waals surface area contributed by atoms with Gasteiger partial charge in [-0.25, -0.2) is 9.59 Å². The summed E-state index contributed by atoms with van der Waals surface area (Å²) in [5.41, 5.74) is 0. The van der Waals surface area contributed by atoms with E-state index in [1.807, 2.05) is 6.07 Å². The first-order valence-corrected chi connectivity index (χ1v) is 5.32. The molecule has 0 saturated carbocycles. The van der Waals surface area contributed by atoms with Gasteiger partial charge in [-0.3, -0.25) is 0 Å². The molecule has 0 aliphatic carbocycles. The average molecular weight is 248 g/mol. The maximum absolute atomic E-state index is 10.6. The van der Waals surface area contributed by atoms with Crippen LogP contribution in [0.25, 0.3) is 0 Å². The summed E-state index contributed by atoms with van der Waals surface area (Å²) in [5.74, 6) is -0.254. The number of carbonyl (C=O) groups is 2. The fourth-order valence-corrected chi connectivity index (χ4v) is 0.848. The van der Waals surface area contributed by atoms with Gasteiger partial charge in [-0.2, -0.15) is 0 Å². The Morgan fingerprint density at radius 1 is 1.11 bits per heavy atom. The maximum Gasteiger partial charge on any atom is 0.335 e. The van der Waals surface area contributed by atoms with Crippen LogP contribution in [0, 0.1) is 0 Å². The molecule has 0 heterocycles. The Morgan fingerprint density at radius 3 is 2.06 bits per heavy atom. The Kier molecular flexibility index (Phi) is 8.55. The quantitative estimate of drug-likeness (QED) is 0.466. The van der Waals surface area contributed by atoms with E-state index in [1.165, 1.54) is 0 Å². The number of rotatable bonds is 4. The molecule has 4 heteroatoms. The topological polar surface area (TPSA) is 52.6 Å². The first-order chi connectivity index (χ1) is 8.63. The van der Waals surface area contributed by atoms with E-state index in [4.69, 9.17) is 4.74 Å². The molecule has 0 saturated heterocycles. The largest absolute Gasteiger partial charge is 0.463 e. The van der Waals surface area contributed by atoms with E-state index in [0.717, 1.165) is 12.2 Å². The van der Waals surface area contributed by atoms with E-state index in [-0.39, 0.29) is 5.97 Å². The molecule has 0 aromatic heterocycles. The van der Waals surface area contributed by atoms with Gasteiger partial charge in [0.1, 0.15) is 5.75 Å². The Labute approximate surface area is 107 Å². The van der Waals surface area contributed by atoms with Gasteiger partial charge in [0.25, 0.3) is 0 Å². The lowest BCUT2D eigenvalue weighted by molar-refractivity contribution is -0.137. The predicted molar refractivity (Wildman–Crippen MR) is 69.1 cm³/mol. The minimum atomic E-state index is -0.434. The highest BCUT2D eigenvalue weighted by Crippen LogP contribution is 2.07. The second-order valence-corrected chi connectivity index (χ2v) is 2.89. The average Bonchev–Trinajstić information content (AvgIpc) is 2.40. The zero-order chi connectivity index (χ0) is 13.8. The van der Waals surface area contributed by atoms with Crippen molar-refractivity contribution >= 4 is 11.9 Å². The van der Waals surface area contributed by atoms with E-state index in [9.17, 15) is 9.59 Å². The summed E-state index contributed by atoms with van der Waals surface area (Å²) in [7, 11) is 0. The normalized spacial score (nSPS) is 8.28. The molecule has 0 fully saturated rings. The SMILES string of the molecule is C=CC(=O)OCC.C=CC(=O)Oc1ccccc1. The Balaban J connectivity index is 0.000000360. The maximum atomic E-state index is 10.6. The molecule has 0 amide bonds. The van der Waals surface area contributed by atoms with Crippen molar-refractivity contribution < 1.29 is 19.1 Å². The zero-order valence-electron chi connectivity index (χ0n) is 10.3. The van der Waals surface area contributed by atoms with Gasteiger partial charge in [-0.05, 0) is 19.1 Å². The third-order valence-corrected chi connectivity index (χ3v) is 1.58. The minimum Gasteiger partial charge on any atom is -0.463 e. The van der Waals surface area contributed by atoms with E-state index in [0.29, 0.717) is 12.4 Å². The molecule has 0 atom stereocenters. The summed E-state index contributed by atoms with van der Waals surface area (Å²) in [5, 5.41) is 0. The van der Waals surface area contributed by atoms with Gasteiger partial charge >= 0.3 is 11.9 Å². The van der Waals surface area contributed by atoms with Gasteiger partial charge in [-0.1, -0.05) is 31.4 Å². The van der Waals surface area contributed by atoms with Gasteiger partial charge in [-0.15, -0.1) is 0 Å². The molecule has 96 valence electrons. The highest BCUT2D eigenvalue weighted by molar-refractivity contribution is 5.83. The molecule has 4 nitrogen and oxygen atoms in total. The lowest BCUT2D eigenvalue weighted by Gasteiger charge is -1.98. The lowest BCUT2D eigenvalue weighted by Crippen LogP contribution is -2.02. The van der Waals surface area contributed by atoms with Gasteiger partial charge in [0, 0.05) is 12.2 Å². The van der Waals surface area contributed by atoms with Crippen LogP contribution in [0.15, 0.2) is 55.6 Å². The Morgan fingerprint density at radius 2 is 1.67 bits per heavy atom. The Hall–Kier alpha value is -2.36. The van der Waals surface area contributed by atoms with Crippen molar-refractivity contribution in [1.82, 2.24) is 0 Å². The van der Waals surface area contributed by atoms with E-state index >= 15 is 0 Å². The summed E-state index contributed by atoms with van der Waals surface area (Å²) in [6.07, 6.45) is 2.27. The van der Waals surface area contributed by atoms with Gasteiger partial charge in [0.05, 0.1) is 6.61 Å². The molecule has 0 bridgehead atoms. The van der Waals surface area contributed by atoms with Gasteiger partial charge < -0.3 is 9.47 Å². The van der Waals surface area contributed by atoms with Crippen molar-refractivity contribution in [1.29, 1.82) is 0 Å². The highest BCUT2D eigenvalue weighted by Gasteiger charge is 1.95. The highest BCUT2D eigenvalue weighted by atomic mass is 16.5. The molecular weight excluding hydrogens is 232 g/mol. The molecule has 18 heavy (non-hydrogen) atoms. The summed E-state index contributed by atoms with van der Waals surface area (Å²) < 4.78 is 9.24. The van der Waals surface area contributed by atoms with Crippen molar-refractivity contribution in [2.24, 2.45) is 0 Å². The lowest BCUT2D eigenvalue weighted by atomic mass is 10.3. The van der Waals surface area contributed by atoms with Crippen LogP contribution < -0.4 is 4.74 Å². The fraction of sp³-hybridized carbons (Fsp3) is 0.143. The molecule has 1 aromatic carbocycles. The van der Waals surface area contributed by atoms with Crippen LogP contribution in [0.2, 0.25) is 0 Å². The van der Waals surface area contributed by atoms with Crippen LogP contribution in [0.4, 0.5) is 0 Å². The fourth-order valence-electron chi connectivity index (χ4n) is 0.848. The second kappa shape index (κ2) is 9.84. The third-order valence-electron chi connectivity index (χ3n) is 1.58. The van der Waals surface area contributed by atoms with Crippen molar-refractivity contribution in [3.63, 3.8) is 0 Å². The van der Waals surface area contributed by atoms with Crippen LogP contribution >= 0.6 is 0 Å². The van der Waals surface area contributed by atoms with Crippen LogP contribution in [-0.2, 0) is 14.3 Å². The van der Waals surface area contributed by atoms with Crippen molar-refractivity contribution in [2.45, 2.75) is 6.92 Å². The molecule has 0 spiro atoms. The number of hydrogen-bond donors (Lipinski definition) is 0. The summed E-state index contributed by atoms with van der Waals surface area (Å²) in [4.78, 5) is 20.7. The molecule has 0 N–H and O–H groups in total. The van der Waals surface area contributed by atoms with E-state index in [1.54, 1.807) is 31.2 Å². The third kappa shape index (κ3) is 7.87. The van der Waals surface area contributed by atoms with E-state index in [2.05, 4.69) is 17.9 Å². The second-order valence-electron chi connectivity index (χ2n) is 2.89. The summed E-state index contributed by atoms with van der Waals surface area (Å²) >= 11 is 0. The molecule has 0 aliphatic rings. The Bertz CT molecular complexity index is 396. The smallest absolute Gasteiger partial charge is 0.335 e. The van der Waals surface area contributed by atoms with Crippen molar-refractivity contribution in [3.8, 4) is 5.75 Å². The zero-order valence-corrected chi connectivity index (χ0v) is 10.3. The molecule has 0 unspecified atom stereocenters. The van der Waals surface area contributed by atoms with Gasteiger partial charge in [0.2, 0.25) is 0 Å². The summed E-state index contributed by atoms with van der Waals surface area (Å²) in [6.45, 7) is 8.66. The molecular formula is C14H16O4. The number of esters is 2. The first kappa shape index (κ1) is 15.6. The monoisotopic (exact) mass is 248 g/mol. The van der Waals surface area contributed by atoms with Crippen molar-refractivity contribution in [2.75, 3.05) is 6.61 Å². The summed E-state index contributed by atoms with van der Waals surface area (Å²) in [6, 6.07) is 8.87. The van der Waals surface area contributed by atoms with Crippen LogP contribution in [-0.4, -0.2) is 18.5 Å². The number of carbonyl (C=O) groups excluding carboxylic acids is 2.